The Balaban J connectivity index is 4.38. The van der Waals surface area contributed by atoms with Crippen molar-refractivity contribution in [2.75, 3.05) is 47.5 Å². The number of esters is 2. The van der Waals surface area contributed by atoms with E-state index in [1.54, 1.807) is 0 Å². The molecule has 9 nitrogen and oxygen atoms in total. The molecule has 0 aliphatic carbocycles. The first-order valence-corrected chi connectivity index (χ1v) is 22.6. The van der Waals surface area contributed by atoms with Crippen molar-refractivity contribution in [1.82, 2.24) is 0 Å². The number of carbonyl (C=O) groups excluding carboxylic acids is 2. The first-order chi connectivity index (χ1) is 25.0. The van der Waals surface area contributed by atoms with Crippen LogP contribution < -0.4 is 0 Å². The van der Waals surface area contributed by atoms with Crippen molar-refractivity contribution in [3.8, 4) is 0 Å². The fraction of sp³-hybridized carbons (Fsp3) is 0.857. The highest BCUT2D eigenvalue weighted by Gasteiger charge is 2.27. The summed E-state index contributed by atoms with van der Waals surface area (Å²) in [4.78, 5) is 35.2. The summed E-state index contributed by atoms with van der Waals surface area (Å²) in [5.41, 5.74) is 0. The quantitative estimate of drug-likeness (QED) is 0.0218. The zero-order chi connectivity index (χ0) is 38.6. The summed E-state index contributed by atoms with van der Waals surface area (Å²) in [7, 11) is 1.47. The van der Waals surface area contributed by atoms with Gasteiger partial charge in [-0.2, -0.15) is 0 Å². The van der Waals surface area contributed by atoms with E-state index in [1.807, 2.05) is 21.1 Å². The van der Waals surface area contributed by atoms with Crippen LogP contribution in [0.3, 0.4) is 0 Å². The Morgan fingerprint density at radius 3 is 1.56 bits per heavy atom. The molecular weight excluding hydrogens is 677 g/mol. The molecule has 1 N–H and O–H groups in total. The van der Waals surface area contributed by atoms with Crippen LogP contribution in [0.5, 0.6) is 0 Å². The Kier molecular flexibility index (Phi) is 34.2. The minimum atomic E-state index is -4.37. The zero-order valence-electron chi connectivity index (χ0n) is 34.3. The van der Waals surface area contributed by atoms with Crippen LogP contribution in [0, 0.1) is 0 Å². The van der Waals surface area contributed by atoms with E-state index in [9.17, 15) is 19.0 Å². The summed E-state index contributed by atoms with van der Waals surface area (Å²) < 4.78 is 34.2. The molecule has 0 aromatic carbocycles. The third kappa shape index (κ3) is 38.2. The lowest BCUT2D eigenvalue weighted by molar-refractivity contribution is -0.870. The van der Waals surface area contributed by atoms with Gasteiger partial charge in [0.25, 0.3) is 0 Å². The predicted molar refractivity (Wildman–Crippen MR) is 215 cm³/mol. The summed E-state index contributed by atoms with van der Waals surface area (Å²) in [6.07, 6.45) is 36.4. The van der Waals surface area contributed by atoms with Crippen LogP contribution in [-0.2, 0) is 32.7 Å². The molecular formula is C42H81NO8P+. The van der Waals surface area contributed by atoms with Gasteiger partial charge in [-0.25, -0.2) is 4.57 Å². The summed E-state index contributed by atoms with van der Waals surface area (Å²) in [5.74, 6) is -0.805. The third-order valence-electron chi connectivity index (χ3n) is 8.98. The number of rotatable bonds is 38. The van der Waals surface area contributed by atoms with Crippen LogP contribution in [0.2, 0.25) is 0 Å². The van der Waals surface area contributed by atoms with Gasteiger partial charge in [0.1, 0.15) is 19.8 Å². The molecule has 1 unspecified atom stereocenters. The van der Waals surface area contributed by atoms with Crippen molar-refractivity contribution in [3.63, 3.8) is 0 Å². The molecule has 0 radical (unpaired) electrons. The van der Waals surface area contributed by atoms with Gasteiger partial charge < -0.3 is 18.9 Å². The molecule has 0 saturated carbocycles. The van der Waals surface area contributed by atoms with E-state index in [4.69, 9.17) is 18.5 Å². The number of hydrogen-bond donors (Lipinski definition) is 1. The van der Waals surface area contributed by atoms with Crippen LogP contribution in [0.4, 0.5) is 0 Å². The van der Waals surface area contributed by atoms with Gasteiger partial charge in [-0.1, -0.05) is 147 Å². The summed E-state index contributed by atoms with van der Waals surface area (Å²) in [5, 5.41) is 0. The average molecular weight is 759 g/mol. The van der Waals surface area contributed by atoms with Gasteiger partial charge in [0, 0.05) is 12.8 Å². The molecule has 0 aliphatic heterocycles. The molecule has 0 heterocycles. The Labute approximate surface area is 319 Å². The van der Waals surface area contributed by atoms with E-state index in [2.05, 4.69) is 38.2 Å². The molecule has 0 rings (SSSR count). The van der Waals surface area contributed by atoms with Crippen LogP contribution >= 0.6 is 7.82 Å². The molecule has 0 fully saturated rings. The molecule has 0 aliphatic rings. The minimum absolute atomic E-state index is 0.0316. The Bertz CT molecular complexity index is 949. The lowest BCUT2D eigenvalue weighted by Gasteiger charge is -2.24. The summed E-state index contributed by atoms with van der Waals surface area (Å²) in [6, 6.07) is 0. The second-order valence-electron chi connectivity index (χ2n) is 15.4. The molecule has 2 atom stereocenters. The van der Waals surface area contributed by atoms with Gasteiger partial charge in [0.2, 0.25) is 0 Å². The number of phosphoric ester groups is 1. The van der Waals surface area contributed by atoms with Gasteiger partial charge in [0.15, 0.2) is 6.10 Å². The highest BCUT2D eigenvalue weighted by Crippen LogP contribution is 2.43. The van der Waals surface area contributed by atoms with Gasteiger partial charge in [-0.3, -0.25) is 18.6 Å². The van der Waals surface area contributed by atoms with Crippen molar-refractivity contribution in [3.05, 3.63) is 24.3 Å². The Morgan fingerprint density at radius 1 is 0.596 bits per heavy atom. The van der Waals surface area contributed by atoms with E-state index < -0.39 is 26.5 Å². The molecule has 0 amide bonds. The van der Waals surface area contributed by atoms with Crippen molar-refractivity contribution in [2.24, 2.45) is 0 Å². The molecule has 52 heavy (non-hydrogen) atoms. The highest BCUT2D eigenvalue weighted by atomic mass is 31.2. The maximum atomic E-state index is 12.7. The van der Waals surface area contributed by atoms with Crippen LogP contribution in [0.1, 0.15) is 181 Å². The molecule has 0 spiro atoms. The second kappa shape index (κ2) is 35.2. The van der Waals surface area contributed by atoms with E-state index in [1.165, 1.54) is 96.3 Å². The van der Waals surface area contributed by atoms with Gasteiger partial charge >= 0.3 is 19.8 Å². The van der Waals surface area contributed by atoms with Crippen molar-refractivity contribution in [1.29, 1.82) is 0 Å². The van der Waals surface area contributed by atoms with E-state index in [0.29, 0.717) is 23.9 Å². The van der Waals surface area contributed by atoms with Gasteiger partial charge in [-0.15, -0.1) is 0 Å². The number of carbonyl (C=O) groups is 2. The maximum absolute atomic E-state index is 12.7. The van der Waals surface area contributed by atoms with Crippen LogP contribution in [0.15, 0.2) is 24.3 Å². The van der Waals surface area contributed by atoms with E-state index in [-0.39, 0.29) is 25.6 Å². The number of phosphoric acid groups is 1. The van der Waals surface area contributed by atoms with Crippen molar-refractivity contribution < 1.29 is 42.1 Å². The Morgan fingerprint density at radius 2 is 1.04 bits per heavy atom. The number of quaternary nitrogens is 1. The Hall–Kier alpha value is -1.51. The number of nitrogens with zero attached hydrogens (tertiary/aromatic N) is 1. The normalized spacial score (nSPS) is 13.9. The topological polar surface area (TPSA) is 108 Å². The molecule has 10 heteroatoms. The summed E-state index contributed by atoms with van der Waals surface area (Å²) >= 11 is 0. The summed E-state index contributed by atoms with van der Waals surface area (Å²) in [6.45, 7) is 4.38. The number of unbranched alkanes of at least 4 members (excludes halogenated alkanes) is 20. The highest BCUT2D eigenvalue weighted by molar-refractivity contribution is 7.47. The largest absolute Gasteiger partial charge is 0.472 e. The third-order valence-corrected chi connectivity index (χ3v) is 9.97. The van der Waals surface area contributed by atoms with Crippen molar-refractivity contribution in [2.45, 2.75) is 187 Å². The SMILES string of the molecule is CCCCC/C=C\C/C=C\CCCCCCCCCC(=O)O[C@H](COC(=O)CCCCCCCCCCCCC)COP(=O)(O)OCC[N+](C)(C)C. The first kappa shape index (κ1) is 50.5. The monoisotopic (exact) mass is 759 g/mol. The number of hydrogen-bond acceptors (Lipinski definition) is 7. The fourth-order valence-electron chi connectivity index (χ4n) is 5.63. The standard InChI is InChI=1S/C42H80NO8P/c1-6-8-10-12-14-16-18-19-20-21-22-23-25-27-29-31-33-35-42(45)51-40(39-50-52(46,47)49-37-36-43(3,4)5)38-48-41(44)34-32-30-28-26-24-17-15-13-11-9-7-2/h14,16,19-20,40H,6-13,15,17-18,21-39H2,1-5H3/p+1/b16-14-,20-19-/t40-/m1/s1. The van der Waals surface area contributed by atoms with Crippen LogP contribution in [0.25, 0.3) is 0 Å². The molecule has 0 aromatic heterocycles. The lowest BCUT2D eigenvalue weighted by Crippen LogP contribution is -2.37. The number of likely N-dealkylation sites (N-methyl/N-ethyl adjacent to an activating group) is 1. The van der Waals surface area contributed by atoms with Gasteiger partial charge in [0.05, 0.1) is 27.7 Å². The van der Waals surface area contributed by atoms with E-state index in [0.717, 1.165) is 51.4 Å². The number of allylic oxidation sites excluding steroid dienone is 4. The number of ether oxygens (including phenoxy) is 2. The smallest absolute Gasteiger partial charge is 0.462 e. The second-order valence-corrected chi connectivity index (χ2v) is 16.8. The molecule has 306 valence electrons. The van der Waals surface area contributed by atoms with Crippen LogP contribution in [-0.4, -0.2) is 74.9 Å². The average Bonchev–Trinajstić information content (AvgIpc) is 3.09. The fourth-order valence-corrected chi connectivity index (χ4v) is 6.37. The molecule has 0 saturated heterocycles. The lowest BCUT2D eigenvalue weighted by atomic mass is 10.1. The first-order valence-electron chi connectivity index (χ1n) is 21.1. The van der Waals surface area contributed by atoms with E-state index >= 15 is 0 Å². The maximum Gasteiger partial charge on any atom is 0.472 e. The predicted octanol–water partition coefficient (Wildman–Crippen LogP) is 11.6. The molecule has 0 bridgehead atoms. The molecule has 0 aromatic rings. The minimum Gasteiger partial charge on any atom is -0.462 e. The zero-order valence-corrected chi connectivity index (χ0v) is 35.2. The van der Waals surface area contributed by atoms with Crippen molar-refractivity contribution >= 4 is 19.8 Å². The van der Waals surface area contributed by atoms with Gasteiger partial charge in [-0.05, 0) is 44.9 Å².